The van der Waals surface area contributed by atoms with Crippen LogP contribution in [0.3, 0.4) is 0 Å². The molecule has 0 aliphatic carbocycles. The van der Waals surface area contributed by atoms with Crippen molar-refractivity contribution in [3.05, 3.63) is 35.9 Å². The highest BCUT2D eigenvalue weighted by molar-refractivity contribution is 5.89. The number of carbonyl (C=O) groups excluding carboxylic acids is 1. The number of carbonyl (C=O) groups is 2. The van der Waals surface area contributed by atoms with Gasteiger partial charge in [0, 0.05) is 13.0 Å². The molecule has 1 aliphatic rings. The van der Waals surface area contributed by atoms with E-state index in [1.54, 1.807) is 12.1 Å². The van der Waals surface area contributed by atoms with E-state index in [4.69, 9.17) is 14.2 Å². The van der Waals surface area contributed by atoms with Crippen LogP contribution < -0.4 is 0 Å². The Morgan fingerprint density at radius 2 is 1.45 bits per heavy atom. The Morgan fingerprint density at radius 3 is 2.05 bits per heavy atom. The molecule has 6 nitrogen and oxygen atoms in total. The third-order valence-electron chi connectivity index (χ3n) is 8.01. The van der Waals surface area contributed by atoms with Crippen LogP contribution in [0, 0.1) is 5.92 Å². The van der Waals surface area contributed by atoms with Crippen molar-refractivity contribution < 1.29 is 28.9 Å². The second kappa shape index (κ2) is 21.8. The summed E-state index contributed by atoms with van der Waals surface area (Å²) in [6.45, 7) is 5.03. The summed E-state index contributed by atoms with van der Waals surface area (Å²) in [5, 5.41) is 10.2. The molecule has 40 heavy (non-hydrogen) atoms. The van der Waals surface area contributed by atoms with Crippen molar-refractivity contribution in [2.45, 2.75) is 154 Å². The van der Waals surface area contributed by atoms with Gasteiger partial charge in [-0.2, -0.15) is 0 Å². The van der Waals surface area contributed by atoms with Crippen molar-refractivity contribution in [3.8, 4) is 0 Å². The number of unbranched alkanes of at least 4 members (excludes halogenated alkanes) is 11. The van der Waals surface area contributed by atoms with E-state index in [1.165, 1.54) is 44.9 Å². The lowest BCUT2D eigenvalue weighted by Crippen LogP contribution is -2.39. The first kappa shape index (κ1) is 34.3. The number of carboxylic acids is 1. The highest BCUT2D eigenvalue weighted by atomic mass is 16.7. The van der Waals surface area contributed by atoms with E-state index >= 15 is 0 Å². The van der Waals surface area contributed by atoms with Crippen LogP contribution in [-0.4, -0.2) is 42.1 Å². The van der Waals surface area contributed by atoms with Gasteiger partial charge in [0.05, 0.1) is 17.6 Å². The number of rotatable bonds is 23. The first-order valence-corrected chi connectivity index (χ1v) is 16.3. The zero-order chi connectivity index (χ0) is 28.8. The van der Waals surface area contributed by atoms with E-state index in [1.807, 2.05) is 18.2 Å². The summed E-state index contributed by atoms with van der Waals surface area (Å²) in [5.74, 6) is -1.85. The summed E-state index contributed by atoms with van der Waals surface area (Å²) in [6.07, 6.45) is 18.1. The Morgan fingerprint density at radius 1 is 0.850 bits per heavy atom. The lowest BCUT2D eigenvalue weighted by molar-refractivity contribution is -0.207. The second-order valence-corrected chi connectivity index (χ2v) is 11.5. The van der Waals surface area contributed by atoms with Gasteiger partial charge in [0.2, 0.25) is 0 Å². The third-order valence-corrected chi connectivity index (χ3v) is 8.01. The van der Waals surface area contributed by atoms with Crippen LogP contribution in [0.25, 0.3) is 0 Å². The monoisotopic (exact) mass is 560 g/mol. The summed E-state index contributed by atoms with van der Waals surface area (Å²) in [7, 11) is 0. The van der Waals surface area contributed by atoms with E-state index in [0.29, 0.717) is 31.4 Å². The van der Waals surface area contributed by atoms with Crippen molar-refractivity contribution in [2.75, 3.05) is 6.61 Å². The molecule has 1 aromatic rings. The minimum Gasteiger partial charge on any atom is -0.481 e. The lowest BCUT2D eigenvalue weighted by Gasteiger charge is -2.33. The highest BCUT2D eigenvalue weighted by Gasteiger charge is 2.34. The minimum absolute atomic E-state index is 0.357. The summed E-state index contributed by atoms with van der Waals surface area (Å²) in [5.41, 5.74) is 0.516. The molecule has 6 heteroatoms. The number of carboxylic acid groups (broad SMARTS) is 1. The lowest BCUT2D eigenvalue weighted by atomic mass is 9.90. The Balaban J connectivity index is 2.06. The fourth-order valence-corrected chi connectivity index (χ4v) is 5.55. The third kappa shape index (κ3) is 14.6. The van der Waals surface area contributed by atoms with E-state index in [9.17, 15) is 14.7 Å². The molecule has 1 N–H and O–H groups in total. The number of hydrogen-bond acceptors (Lipinski definition) is 5. The molecule has 0 aromatic heterocycles. The molecular formula is C34H56O6. The Kier molecular flexibility index (Phi) is 18.7. The number of ether oxygens (including phenoxy) is 3. The van der Waals surface area contributed by atoms with Crippen LogP contribution in [-0.2, 0) is 19.0 Å². The minimum atomic E-state index is -0.839. The topological polar surface area (TPSA) is 82.1 Å². The average molecular weight is 561 g/mol. The number of hydrogen-bond donors (Lipinski definition) is 1. The van der Waals surface area contributed by atoms with E-state index in [0.717, 1.165) is 57.8 Å². The van der Waals surface area contributed by atoms with Crippen molar-refractivity contribution in [2.24, 2.45) is 5.92 Å². The molecule has 0 amide bonds. The molecule has 0 bridgehead atoms. The first-order chi connectivity index (χ1) is 19.5. The molecule has 1 aliphatic heterocycles. The smallest absolute Gasteiger partial charge is 0.338 e. The standard InChI is InChI=1S/C34H56O6/c1-3-5-7-9-10-11-12-13-17-23-29(39-34(37)28-21-15-14-16-22-28)27-31(40-32-25-19-20-26-38-32)30(33(35)36)24-18-8-6-4-2/h14-16,21-22,29-32H,3-13,17-20,23-27H2,1-2H3,(H,35,36). The maximum absolute atomic E-state index is 13.0. The Labute approximate surface area is 243 Å². The van der Waals surface area contributed by atoms with Crippen molar-refractivity contribution in [3.63, 3.8) is 0 Å². The van der Waals surface area contributed by atoms with Gasteiger partial charge in [-0.1, -0.05) is 109 Å². The Hall–Kier alpha value is -1.92. The van der Waals surface area contributed by atoms with Gasteiger partial charge >= 0.3 is 11.9 Å². The molecule has 228 valence electrons. The molecule has 1 heterocycles. The van der Waals surface area contributed by atoms with Gasteiger partial charge in [-0.25, -0.2) is 4.79 Å². The molecule has 0 spiro atoms. The van der Waals surface area contributed by atoms with Crippen LogP contribution in [0.2, 0.25) is 0 Å². The summed E-state index contributed by atoms with van der Waals surface area (Å²) in [4.78, 5) is 25.5. The zero-order valence-corrected chi connectivity index (χ0v) is 25.3. The molecule has 1 fully saturated rings. The largest absolute Gasteiger partial charge is 0.481 e. The van der Waals surface area contributed by atoms with E-state index in [2.05, 4.69) is 13.8 Å². The van der Waals surface area contributed by atoms with Gasteiger partial charge in [-0.3, -0.25) is 4.79 Å². The molecule has 4 atom stereocenters. The molecule has 0 radical (unpaired) electrons. The number of aliphatic carboxylic acids is 1. The fraction of sp³-hybridized carbons (Fsp3) is 0.765. The molecule has 0 saturated carbocycles. The van der Waals surface area contributed by atoms with E-state index in [-0.39, 0.29) is 5.97 Å². The van der Waals surface area contributed by atoms with Crippen LogP contribution in [0.4, 0.5) is 0 Å². The summed E-state index contributed by atoms with van der Waals surface area (Å²) >= 11 is 0. The maximum atomic E-state index is 13.0. The number of esters is 1. The Bertz CT molecular complexity index is 776. The van der Waals surface area contributed by atoms with Gasteiger partial charge in [-0.05, 0) is 50.7 Å². The summed E-state index contributed by atoms with van der Waals surface area (Å²) in [6, 6.07) is 9.05. The van der Waals surface area contributed by atoms with Crippen molar-refractivity contribution >= 4 is 11.9 Å². The van der Waals surface area contributed by atoms with Gasteiger partial charge < -0.3 is 19.3 Å². The SMILES string of the molecule is CCCCCCCCCCCC(CC(OC1CCCCO1)C(CCCCCC)C(=O)O)OC(=O)c1ccccc1. The fourth-order valence-electron chi connectivity index (χ4n) is 5.55. The molecule has 4 unspecified atom stereocenters. The zero-order valence-electron chi connectivity index (χ0n) is 25.3. The van der Waals surface area contributed by atoms with Crippen LogP contribution in [0.5, 0.6) is 0 Å². The van der Waals surface area contributed by atoms with Gasteiger partial charge in [-0.15, -0.1) is 0 Å². The summed E-state index contributed by atoms with van der Waals surface area (Å²) < 4.78 is 18.3. The first-order valence-electron chi connectivity index (χ1n) is 16.3. The van der Waals surface area contributed by atoms with Crippen molar-refractivity contribution in [1.82, 2.24) is 0 Å². The predicted molar refractivity (Wildman–Crippen MR) is 160 cm³/mol. The van der Waals surface area contributed by atoms with Crippen LogP contribution in [0.15, 0.2) is 30.3 Å². The van der Waals surface area contributed by atoms with Crippen LogP contribution in [0.1, 0.15) is 146 Å². The van der Waals surface area contributed by atoms with Crippen molar-refractivity contribution in [1.29, 1.82) is 0 Å². The van der Waals surface area contributed by atoms with Gasteiger partial charge in [0.15, 0.2) is 6.29 Å². The van der Waals surface area contributed by atoms with Crippen LogP contribution >= 0.6 is 0 Å². The number of benzene rings is 1. The van der Waals surface area contributed by atoms with Gasteiger partial charge in [0.1, 0.15) is 6.10 Å². The highest BCUT2D eigenvalue weighted by Crippen LogP contribution is 2.28. The average Bonchev–Trinajstić information content (AvgIpc) is 2.96. The predicted octanol–water partition coefficient (Wildman–Crippen LogP) is 9.11. The normalized spacial score (nSPS) is 17.7. The van der Waals surface area contributed by atoms with Gasteiger partial charge in [0.25, 0.3) is 0 Å². The molecule has 1 aromatic carbocycles. The second-order valence-electron chi connectivity index (χ2n) is 11.5. The molecule has 2 rings (SSSR count). The maximum Gasteiger partial charge on any atom is 0.338 e. The quantitative estimate of drug-likeness (QED) is 0.106. The van der Waals surface area contributed by atoms with E-state index < -0.39 is 30.4 Å². The molecule has 1 saturated heterocycles. The molecular weight excluding hydrogens is 504 g/mol.